The predicted octanol–water partition coefficient (Wildman–Crippen LogP) is 4.13. The number of amides is 1. The summed E-state index contributed by atoms with van der Waals surface area (Å²) in [4.78, 5) is 30.9. The summed E-state index contributed by atoms with van der Waals surface area (Å²) in [5, 5.41) is 12.4. The van der Waals surface area contributed by atoms with E-state index in [1.165, 1.54) is 6.07 Å². The number of nitrogens with one attached hydrogen (secondary N) is 2. The first kappa shape index (κ1) is 21.9. The van der Waals surface area contributed by atoms with Gasteiger partial charge in [-0.1, -0.05) is 6.07 Å². The van der Waals surface area contributed by atoms with E-state index in [1.807, 2.05) is 6.07 Å². The molecule has 4 aromatic rings. The third-order valence-electron chi connectivity index (χ3n) is 4.67. The normalized spacial score (nSPS) is 11.9. The van der Waals surface area contributed by atoms with Crippen molar-refractivity contribution in [1.82, 2.24) is 30.2 Å². The smallest absolute Gasteiger partial charge is 0.339 e. The fraction of sp³-hybridized carbons (Fsp3) is 0.182. The van der Waals surface area contributed by atoms with Gasteiger partial charge in [-0.3, -0.25) is 4.79 Å². The molecule has 2 N–H and O–H groups in total. The Morgan fingerprint density at radius 1 is 1.06 bits per heavy atom. The van der Waals surface area contributed by atoms with Crippen LogP contribution in [0, 0.1) is 11.3 Å². The molecule has 0 saturated heterocycles. The Hall–Kier alpha value is -4.33. The van der Waals surface area contributed by atoms with Gasteiger partial charge in [-0.2, -0.15) is 18.4 Å². The Balaban J connectivity index is 1.63. The Labute approximate surface area is 185 Å². The van der Waals surface area contributed by atoms with Crippen molar-refractivity contribution in [2.45, 2.75) is 25.6 Å². The van der Waals surface area contributed by atoms with Crippen molar-refractivity contribution in [3.63, 3.8) is 0 Å². The van der Waals surface area contributed by atoms with E-state index in [0.29, 0.717) is 33.5 Å². The van der Waals surface area contributed by atoms with Crippen LogP contribution >= 0.6 is 0 Å². The summed E-state index contributed by atoms with van der Waals surface area (Å²) in [6, 6.07) is 10.4. The highest BCUT2D eigenvalue weighted by Crippen LogP contribution is 2.29. The third kappa shape index (κ3) is 4.64. The van der Waals surface area contributed by atoms with Crippen molar-refractivity contribution < 1.29 is 18.0 Å². The number of carbonyl (C=O) groups is 1. The van der Waals surface area contributed by atoms with Gasteiger partial charge in [-0.15, -0.1) is 0 Å². The number of hydrogen-bond acceptors (Lipinski definition) is 6. The molecule has 4 aromatic heterocycles. The minimum atomic E-state index is -4.61. The average Bonchev–Trinajstić information content (AvgIpc) is 3.22. The summed E-state index contributed by atoms with van der Waals surface area (Å²) < 4.78 is 38.1. The van der Waals surface area contributed by atoms with E-state index in [4.69, 9.17) is 5.26 Å². The number of fused-ring (bicyclic) bond motifs is 1. The fourth-order valence-electron chi connectivity index (χ4n) is 3.02. The zero-order valence-corrected chi connectivity index (χ0v) is 17.4. The number of nitriles is 1. The maximum atomic E-state index is 12.7. The highest BCUT2D eigenvalue weighted by molar-refractivity contribution is 5.94. The van der Waals surface area contributed by atoms with E-state index in [1.54, 1.807) is 44.3 Å². The second kappa shape index (κ2) is 7.98. The molecule has 0 aromatic carbocycles. The molecule has 8 nitrogen and oxygen atoms in total. The Morgan fingerprint density at radius 2 is 1.76 bits per heavy atom. The lowest BCUT2D eigenvalue weighted by Crippen LogP contribution is -2.42. The number of pyridine rings is 2. The molecule has 0 atom stereocenters. The number of nitrogens with zero attached hydrogens (tertiary/aromatic N) is 5. The summed E-state index contributed by atoms with van der Waals surface area (Å²) in [6.07, 6.45) is -0.866. The monoisotopic (exact) mass is 451 g/mol. The summed E-state index contributed by atoms with van der Waals surface area (Å²) >= 11 is 0. The van der Waals surface area contributed by atoms with Crippen LogP contribution in [0.25, 0.3) is 33.5 Å². The number of aromatic nitrogens is 5. The zero-order chi connectivity index (χ0) is 23.8. The van der Waals surface area contributed by atoms with Crippen molar-refractivity contribution in [3.05, 3.63) is 60.4 Å². The van der Waals surface area contributed by atoms with Crippen molar-refractivity contribution >= 4 is 16.9 Å². The lowest BCUT2D eigenvalue weighted by molar-refractivity contribution is -0.144. The molecule has 0 aliphatic heterocycles. The molecule has 4 heterocycles. The molecule has 0 saturated carbocycles. The van der Waals surface area contributed by atoms with Gasteiger partial charge in [-0.25, -0.2) is 19.9 Å². The topological polar surface area (TPSA) is 120 Å². The highest BCUT2D eigenvalue weighted by atomic mass is 19.4. The number of rotatable bonds is 4. The number of H-pyrrole nitrogens is 1. The Morgan fingerprint density at radius 3 is 2.42 bits per heavy atom. The van der Waals surface area contributed by atoms with Crippen LogP contribution in [-0.2, 0) is 6.18 Å². The SMILES string of the molecule is CC(C)(C#N)NC(=O)c1cccc(-c2cnc3[nH]c(-c4cnc(C(F)(F)F)nc4)cc3c2)n1. The molecule has 0 fully saturated rings. The number of aromatic amines is 1. The zero-order valence-electron chi connectivity index (χ0n) is 17.4. The summed E-state index contributed by atoms with van der Waals surface area (Å²) in [6.45, 7) is 3.16. The van der Waals surface area contributed by atoms with Crippen molar-refractivity contribution in [2.24, 2.45) is 0 Å². The number of halogens is 3. The minimum absolute atomic E-state index is 0.146. The van der Waals surface area contributed by atoms with Gasteiger partial charge < -0.3 is 10.3 Å². The van der Waals surface area contributed by atoms with E-state index >= 15 is 0 Å². The standard InChI is InChI=1S/C22H16F3N7O/c1-21(2,11-26)32-19(33)16-5-3-4-15(30-16)13-6-12-7-17(31-18(12)27-8-13)14-9-28-20(29-10-14)22(23,24)25/h3-10H,1-2H3,(H,27,31)(H,32,33). The van der Waals surface area contributed by atoms with Crippen molar-refractivity contribution in [1.29, 1.82) is 5.26 Å². The molecule has 0 spiro atoms. The van der Waals surface area contributed by atoms with Gasteiger partial charge in [0.2, 0.25) is 5.82 Å². The van der Waals surface area contributed by atoms with Crippen LogP contribution in [0.2, 0.25) is 0 Å². The molecule has 0 bridgehead atoms. The second-order valence-electron chi connectivity index (χ2n) is 7.74. The number of carbonyl (C=O) groups excluding carboxylic acids is 1. The summed E-state index contributed by atoms with van der Waals surface area (Å²) in [5.41, 5.74) is 1.62. The largest absolute Gasteiger partial charge is 0.451 e. The van der Waals surface area contributed by atoms with E-state index in [-0.39, 0.29) is 5.69 Å². The lowest BCUT2D eigenvalue weighted by atomic mass is 10.1. The first-order chi connectivity index (χ1) is 15.6. The second-order valence-corrected chi connectivity index (χ2v) is 7.74. The highest BCUT2D eigenvalue weighted by Gasteiger charge is 2.34. The van der Waals surface area contributed by atoms with Gasteiger partial charge in [-0.05, 0) is 38.1 Å². The average molecular weight is 451 g/mol. The van der Waals surface area contributed by atoms with E-state index in [9.17, 15) is 18.0 Å². The first-order valence-electron chi connectivity index (χ1n) is 9.65. The molecule has 0 aliphatic carbocycles. The maximum absolute atomic E-state index is 12.7. The molecule has 166 valence electrons. The molecular formula is C22H16F3N7O. The van der Waals surface area contributed by atoms with Gasteiger partial charge in [0.05, 0.1) is 17.5 Å². The summed E-state index contributed by atoms with van der Waals surface area (Å²) in [5.74, 6) is -1.69. The molecule has 0 radical (unpaired) electrons. The third-order valence-corrected chi connectivity index (χ3v) is 4.67. The van der Waals surface area contributed by atoms with Crippen LogP contribution in [0.5, 0.6) is 0 Å². The van der Waals surface area contributed by atoms with Crippen LogP contribution in [-0.4, -0.2) is 36.4 Å². The minimum Gasteiger partial charge on any atom is -0.339 e. The van der Waals surface area contributed by atoms with Gasteiger partial charge in [0.1, 0.15) is 16.9 Å². The van der Waals surface area contributed by atoms with Crippen molar-refractivity contribution in [3.8, 4) is 28.6 Å². The van der Waals surface area contributed by atoms with Crippen LogP contribution in [0.3, 0.4) is 0 Å². The van der Waals surface area contributed by atoms with Crippen molar-refractivity contribution in [2.75, 3.05) is 0 Å². The van der Waals surface area contributed by atoms with Crippen LogP contribution in [0.15, 0.2) is 48.9 Å². The lowest BCUT2D eigenvalue weighted by Gasteiger charge is -2.17. The van der Waals surface area contributed by atoms with E-state index < -0.39 is 23.4 Å². The molecule has 11 heteroatoms. The molecule has 33 heavy (non-hydrogen) atoms. The van der Waals surface area contributed by atoms with Crippen LogP contribution in [0.4, 0.5) is 13.2 Å². The molecule has 0 aliphatic rings. The predicted molar refractivity (Wildman–Crippen MR) is 113 cm³/mol. The summed E-state index contributed by atoms with van der Waals surface area (Å²) in [7, 11) is 0. The van der Waals surface area contributed by atoms with Crippen LogP contribution < -0.4 is 5.32 Å². The fourth-order valence-corrected chi connectivity index (χ4v) is 3.02. The maximum Gasteiger partial charge on any atom is 0.451 e. The molecule has 0 unspecified atom stereocenters. The van der Waals surface area contributed by atoms with E-state index in [2.05, 4.69) is 30.2 Å². The number of alkyl halides is 3. The van der Waals surface area contributed by atoms with Gasteiger partial charge >= 0.3 is 6.18 Å². The van der Waals surface area contributed by atoms with Gasteiger partial charge in [0.25, 0.3) is 5.91 Å². The first-order valence-corrected chi connectivity index (χ1v) is 9.65. The Bertz CT molecular complexity index is 1390. The number of hydrogen-bond donors (Lipinski definition) is 2. The molecule has 4 rings (SSSR count). The molecule has 1 amide bonds. The Kier molecular flexibility index (Phi) is 5.29. The van der Waals surface area contributed by atoms with Gasteiger partial charge in [0, 0.05) is 35.1 Å². The molecular weight excluding hydrogens is 435 g/mol. The quantitative estimate of drug-likeness (QED) is 0.481. The van der Waals surface area contributed by atoms with E-state index in [0.717, 1.165) is 12.4 Å². The van der Waals surface area contributed by atoms with Gasteiger partial charge in [0.15, 0.2) is 0 Å². The van der Waals surface area contributed by atoms with Crippen LogP contribution in [0.1, 0.15) is 30.2 Å².